The molecule has 0 N–H and O–H groups in total. The summed E-state index contributed by atoms with van der Waals surface area (Å²) in [6.07, 6.45) is 1.04. The van der Waals surface area contributed by atoms with Crippen LogP contribution in [-0.2, 0) is 8.54 Å². The van der Waals surface area contributed by atoms with E-state index in [1.807, 2.05) is 6.92 Å². The molecule has 0 spiro atoms. The van der Waals surface area contributed by atoms with Crippen molar-refractivity contribution in [3.8, 4) is 0 Å². The standard InChI is InChI=1S/C5H15ClO2Si2/c1-3-5-10(6,8-9)7-4-2/h3-5H2,1-2,9H3. The Hall–Kier alpha value is 0.644. The molecule has 62 valence electrons. The molecule has 1 unspecified atom stereocenters. The van der Waals surface area contributed by atoms with Gasteiger partial charge in [0.05, 0.1) is 0 Å². The summed E-state index contributed by atoms with van der Waals surface area (Å²) in [6.45, 7) is 4.70. The summed E-state index contributed by atoms with van der Waals surface area (Å²) in [5, 5.41) is 0. The van der Waals surface area contributed by atoms with Gasteiger partial charge in [-0.05, 0) is 6.92 Å². The first kappa shape index (κ1) is 10.6. The van der Waals surface area contributed by atoms with Crippen LogP contribution in [0, 0.1) is 0 Å². The Morgan fingerprint density at radius 3 is 2.40 bits per heavy atom. The van der Waals surface area contributed by atoms with Gasteiger partial charge >= 0.3 is 7.87 Å². The second-order valence-corrected chi connectivity index (χ2v) is 7.52. The Labute approximate surface area is 71.4 Å². The van der Waals surface area contributed by atoms with Crippen LogP contribution < -0.4 is 0 Å². The van der Waals surface area contributed by atoms with E-state index >= 15 is 0 Å². The maximum atomic E-state index is 6.05. The summed E-state index contributed by atoms with van der Waals surface area (Å²) < 4.78 is 10.6. The van der Waals surface area contributed by atoms with E-state index in [4.69, 9.17) is 19.6 Å². The first-order valence-electron chi connectivity index (χ1n) is 3.56. The van der Waals surface area contributed by atoms with Crippen LogP contribution in [0.4, 0.5) is 0 Å². The third kappa shape index (κ3) is 3.73. The summed E-state index contributed by atoms with van der Waals surface area (Å²) in [6, 6.07) is 0.895. The van der Waals surface area contributed by atoms with Crippen LogP contribution in [-0.4, -0.2) is 25.0 Å². The van der Waals surface area contributed by atoms with E-state index in [2.05, 4.69) is 6.92 Å². The van der Waals surface area contributed by atoms with E-state index in [-0.39, 0.29) is 0 Å². The van der Waals surface area contributed by atoms with Crippen LogP contribution in [0.3, 0.4) is 0 Å². The Balaban J connectivity index is 3.69. The molecule has 0 aromatic rings. The minimum Gasteiger partial charge on any atom is -0.434 e. The van der Waals surface area contributed by atoms with Crippen LogP contribution in [0.2, 0.25) is 6.04 Å². The van der Waals surface area contributed by atoms with E-state index in [0.717, 1.165) is 12.5 Å². The molecule has 0 bridgehead atoms. The zero-order valence-electron chi connectivity index (χ0n) is 6.82. The van der Waals surface area contributed by atoms with Gasteiger partial charge in [-0.2, -0.15) is 0 Å². The van der Waals surface area contributed by atoms with Crippen molar-refractivity contribution in [1.29, 1.82) is 0 Å². The highest BCUT2D eigenvalue weighted by molar-refractivity contribution is 7.13. The third-order valence-corrected chi connectivity index (χ3v) is 7.75. The van der Waals surface area contributed by atoms with Crippen LogP contribution in [0.1, 0.15) is 20.3 Å². The summed E-state index contributed by atoms with van der Waals surface area (Å²) in [5.74, 6) is 0. The second-order valence-electron chi connectivity index (χ2n) is 2.05. The molecule has 5 heteroatoms. The SMILES string of the molecule is CCC[Si](Cl)(O[SiH3])OCC. The van der Waals surface area contributed by atoms with Crippen molar-refractivity contribution >= 4 is 29.4 Å². The Bertz CT molecular complexity index is 85.7. The zero-order chi connectivity index (χ0) is 8.04. The van der Waals surface area contributed by atoms with E-state index in [1.54, 1.807) is 0 Å². The molecule has 0 aliphatic carbocycles. The van der Waals surface area contributed by atoms with Gasteiger partial charge < -0.3 is 8.54 Å². The average molecular weight is 199 g/mol. The predicted octanol–water partition coefficient (Wildman–Crippen LogP) is 0.908. The second kappa shape index (κ2) is 5.31. The highest BCUT2D eigenvalue weighted by Gasteiger charge is 2.31. The van der Waals surface area contributed by atoms with Gasteiger partial charge in [-0.3, -0.25) is 0 Å². The highest BCUT2D eigenvalue weighted by atomic mass is 35.6. The molecule has 0 aromatic carbocycles. The molecular formula is C5H15ClO2Si2. The molecular weight excluding hydrogens is 184 g/mol. The maximum Gasteiger partial charge on any atom is 0.432 e. The lowest BCUT2D eigenvalue weighted by Crippen LogP contribution is -2.34. The van der Waals surface area contributed by atoms with Gasteiger partial charge in [-0.1, -0.05) is 24.4 Å². The molecule has 0 radical (unpaired) electrons. The summed E-state index contributed by atoms with van der Waals surface area (Å²) in [7, 11) is -1.51. The lowest BCUT2D eigenvalue weighted by atomic mass is 10.6. The average Bonchev–Trinajstić information content (AvgIpc) is 1.89. The van der Waals surface area contributed by atoms with E-state index in [1.165, 1.54) is 0 Å². The first-order valence-corrected chi connectivity index (χ1v) is 7.41. The monoisotopic (exact) mass is 198 g/mol. The third-order valence-electron chi connectivity index (χ3n) is 1.21. The van der Waals surface area contributed by atoms with Crippen molar-refractivity contribution in [1.82, 2.24) is 0 Å². The van der Waals surface area contributed by atoms with Crippen molar-refractivity contribution < 1.29 is 8.54 Å². The molecule has 0 rings (SSSR count). The predicted molar refractivity (Wildman–Crippen MR) is 49.4 cm³/mol. The van der Waals surface area contributed by atoms with Crippen LogP contribution in [0.25, 0.3) is 0 Å². The molecule has 0 saturated carbocycles. The molecule has 2 nitrogen and oxygen atoms in total. The minimum absolute atomic E-state index is 0.665. The molecule has 0 aromatic heterocycles. The molecule has 0 amide bonds. The zero-order valence-corrected chi connectivity index (χ0v) is 10.6. The van der Waals surface area contributed by atoms with Gasteiger partial charge in [0.2, 0.25) is 0 Å². The number of hydrogen-bond acceptors (Lipinski definition) is 2. The quantitative estimate of drug-likeness (QED) is 0.483. The van der Waals surface area contributed by atoms with E-state index in [0.29, 0.717) is 17.1 Å². The Morgan fingerprint density at radius 1 is 1.50 bits per heavy atom. The Kier molecular flexibility index (Phi) is 5.66. The fourth-order valence-electron chi connectivity index (χ4n) is 0.747. The molecule has 1 atom stereocenters. The molecule has 0 fully saturated rings. The normalized spacial score (nSPS) is 17.1. The number of hydrogen-bond donors (Lipinski definition) is 0. The molecule has 0 aliphatic heterocycles. The Morgan fingerprint density at radius 2 is 2.10 bits per heavy atom. The van der Waals surface area contributed by atoms with Gasteiger partial charge in [0.25, 0.3) is 0 Å². The number of rotatable bonds is 5. The van der Waals surface area contributed by atoms with Crippen LogP contribution >= 0.6 is 11.1 Å². The summed E-state index contributed by atoms with van der Waals surface area (Å²) in [4.78, 5) is 0. The fraction of sp³-hybridized carbons (Fsp3) is 1.00. The molecule has 0 aliphatic rings. The van der Waals surface area contributed by atoms with E-state index in [9.17, 15) is 0 Å². The van der Waals surface area contributed by atoms with Crippen LogP contribution in [0.15, 0.2) is 0 Å². The van der Waals surface area contributed by atoms with Gasteiger partial charge in [0, 0.05) is 12.7 Å². The fourth-order valence-corrected chi connectivity index (χ4v) is 4.10. The largest absolute Gasteiger partial charge is 0.434 e. The van der Waals surface area contributed by atoms with Gasteiger partial charge in [-0.25, -0.2) is 0 Å². The lowest BCUT2D eigenvalue weighted by molar-refractivity contribution is 0.277. The van der Waals surface area contributed by atoms with E-state index < -0.39 is 7.87 Å². The van der Waals surface area contributed by atoms with Crippen molar-refractivity contribution in [3.05, 3.63) is 0 Å². The molecule has 0 heterocycles. The topological polar surface area (TPSA) is 18.5 Å². The van der Waals surface area contributed by atoms with Crippen molar-refractivity contribution in [2.45, 2.75) is 26.3 Å². The van der Waals surface area contributed by atoms with Gasteiger partial charge in [0.1, 0.15) is 10.5 Å². The van der Waals surface area contributed by atoms with Crippen LogP contribution in [0.5, 0.6) is 0 Å². The number of halogens is 1. The van der Waals surface area contributed by atoms with Crippen molar-refractivity contribution in [2.75, 3.05) is 6.61 Å². The van der Waals surface area contributed by atoms with Crippen molar-refractivity contribution in [2.24, 2.45) is 0 Å². The van der Waals surface area contributed by atoms with Gasteiger partial charge in [-0.15, -0.1) is 0 Å². The van der Waals surface area contributed by atoms with Crippen molar-refractivity contribution in [3.63, 3.8) is 0 Å². The lowest BCUT2D eigenvalue weighted by Gasteiger charge is -2.20. The molecule has 0 saturated heterocycles. The smallest absolute Gasteiger partial charge is 0.432 e. The highest BCUT2D eigenvalue weighted by Crippen LogP contribution is 2.18. The molecule has 10 heavy (non-hydrogen) atoms. The minimum atomic E-state index is -2.19. The maximum absolute atomic E-state index is 6.05. The summed E-state index contributed by atoms with van der Waals surface area (Å²) >= 11 is 6.05. The first-order chi connectivity index (χ1) is 4.68. The summed E-state index contributed by atoms with van der Waals surface area (Å²) in [5.41, 5.74) is 0. The van der Waals surface area contributed by atoms with Gasteiger partial charge in [0.15, 0.2) is 0 Å².